The largest absolute Gasteiger partial charge is 0.314 e. The number of thioether (sulfide) groups is 1. The molecule has 1 saturated carbocycles. The number of nitrogens with one attached hydrogen (secondary N) is 1. The summed E-state index contributed by atoms with van der Waals surface area (Å²) in [7, 11) is -2.96. The summed E-state index contributed by atoms with van der Waals surface area (Å²) in [5, 5.41) is 3.21. The Kier molecular flexibility index (Phi) is 4.97. The Balaban J connectivity index is 1.86. The molecule has 0 radical (unpaired) electrons. The molecule has 18 heavy (non-hydrogen) atoms. The molecule has 0 amide bonds. The Hall–Kier alpha value is 0.220. The molecule has 2 aliphatic rings. The van der Waals surface area contributed by atoms with Gasteiger partial charge in [-0.05, 0) is 32.7 Å². The van der Waals surface area contributed by atoms with Crippen molar-refractivity contribution in [1.82, 2.24) is 10.2 Å². The lowest BCUT2D eigenvalue weighted by molar-refractivity contribution is 0.195. The van der Waals surface area contributed by atoms with Crippen molar-refractivity contribution >= 4 is 21.6 Å². The molecule has 1 N–H and O–H groups in total. The number of hydrogen-bond acceptors (Lipinski definition) is 5. The van der Waals surface area contributed by atoms with Gasteiger partial charge >= 0.3 is 0 Å². The van der Waals surface area contributed by atoms with Gasteiger partial charge in [0.15, 0.2) is 9.84 Å². The molecule has 1 saturated heterocycles. The molecule has 2 unspecified atom stereocenters. The Morgan fingerprint density at radius 1 is 1.44 bits per heavy atom. The average Bonchev–Trinajstić information content (AvgIpc) is 3.12. The average molecular weight is 292 g/mol. The van der Waals surface area contributed by atoms with Gasteiger partial charge < -0.3 is 5.32 Å². The number of hydrogen-bond donors (Lipinski definition) is 1. The van der Waals surface area contributed by atoms with E-state index in [1.165, 1.54) is 19.1 Å². The lowest BCUT2D eigenvalue weighted by Gasteiger charge is -2.38. The fraction of sp³-hybridized carbons (Fsp3) is 1.00. The third-order valence-corrected chi connectivity index (χ3v) is 6.42. The normalized spacial score (nSPS) is 28.2. The van der Waals surface area contributed by atoms with Crippen LogP contribution in [0.4, 0.5) is 0 Å². The molecule has 0 aromatic carbocycles. The molecule has 0 aromatic heterocycles. The van der Waals surface area contributed by atoms with Gasteiger partial charge in [-0.1, -0.05) is 0 Å². The SMILES string of the molecule is CC(CCNC1CC1)N1CCSCC1S(C)(=O)=O. The quantitative estimate of drug-likeness (QED) is 0.789. The van der Waals surface area contributed by atoms with Crippen LogP contribution in [0.3, 0.4) is 0 Å². The third kappa shape index (κ3) is 4.11. The van der Waals surface area contributed by atoms with E-state index in [-0.39, 0.29) is 5.37 Å². The van der Waals surface area contributed by atoms with Gasteiger partial charge in [-0.15, -0.1) is 0 Å². The maximum Gasteiger partial charge on any atom is 0.164 e. The molecule has 2 fully saturated rings. The van der Waals surface area contributed by atoms with Crippen LogP contribution in [0.2, 0.25) is 0 Å². The number of nitrogens with zero attached hydrogens (tertiary/aromatic N) is 1. The Labute approximate surface area is 115 Å². The van der Waals surface area contributed by atoms with Gasteiger partial charge in [-0.25, -0.2) is 8.42 Å². The summed E-state index contributed by atoms with van der Waals surface area (Å²) >= 11 is 1.75. The molecule has 106 valence electrons. The summed E-state index contributed by atoms with van der Waals surface area (Å²) in [5.74, 6) is 1.77. The maximum absolute atomic E-state index is 11.8. The Morgan fingerprint density at radius 2 is 2.17 bits per heavy atom. The van der Waals surface area contributed by atoms with E-state index in [1.54, 1.807) is 11.8 Å². The standard InChI is InChI=1S/C12H24N2O2S2/c1-10(5-6-13-11-3-4-11)14-7-8-17-9-12(14)18(2,15)16/h10-13H,3-9H2,1-2H3. The molecule has 1 aliphatic carbocycles. The summed E-state index contributed by atoms with van der Waals surface area (Å²) in [6.07, 6.45) is 5.01. The number of sulfone groups is 1. The molecule has 0 aromatic rings. The van der Waals surface area contributed by atoms with Gasteiger partial charge in [0.2, 0.25) is 0 Å². The summed E-state index contributed by atoms with van der Waals surface area (Å²) in [6.45, 7) is 4.06. The van der Waals surface area contributed by atoms with Crippen molar-refractivity contribution in [2.24, 2.45) is 0 Å². The van der Waals surface area contributed by atoms with E-state index in [9.17, 15) is 8.42 Å². The van der Waals surface area contributed by atoms with Crippen molar-refractivity contribution in [2.45, 2.75) is 43.6 Å². The van der Waals surface area contributed by atoms with Crippen LogP contribution in [-0.2, 0) is 9.84 Å². The van der Waals surface area contributed by atoms with Gasteiger partial charge in [-0.3, -0.25) is 4.90 Å². The topological polar surface area (TPSA) is 49.4 Å². The van der Waals surface area contributed by atoms with Gasteiger partial charge in [0.05, 0.1) is 0 Å². The molecule has 1 heterocycles. The minimum atomic E-state index is -2.96. The molecule has 4 nitrogen and oxygen atoms in total. The highest BCUT2D eigenvalue weighted by molar-refractivity contribution is 8.00. The van der Waals surface area contributed by atoms with Crippen molar-refractivity contribution in [1.29, 1.82) is 0 Å². The van der Waals surface area contributed by atoms with Crippen molar-refractivity contribution in [3.63, 3.8) is 0 Å². The monoisotopic (exact) mass is 292 g/mol. The summed E-state index contributed by atoms with van der Waals surface area (Å²) in [6, 6.07) is 1.08. The Bertz CT molecular complexity index is 368. The van der Waals surface area contributed by atoms with Gasteiger partial charge in [0, 0.05) is 36.4 Å². The van der Waals surface area contributed by atoms with Crippen LogP contribution in [0.5, 0.6) is 0 Å². The highest BCUT2D eigenvalue weighted by Crippen LogP contribution is 2.24. The third-order valence-electron chi connectivity index (χ3n) is 3.76. The summed E-state index contributed by atoms with van der Waals surface area (Å²) in [4.78, 5) is 2.18. The van der Waals surface area contributed by atoms with Crippen molar-refractivity contribution in [2.75, 3.05) is 30.9 Å². The molecule has 2 atom stereocenters. The number of rotatable bonds is 6. The van der Waals surface area contributed by atoms with Crippen molar-refractivity contribution in [3.8, 4) is 0 Å². The zero-order valence-corrected chi connectivity index (χ0v) is 12.9. The van der Waals surface area contributed by atoms with E-state index in [0.29, 0.717) is 6.04 Å². The Morgan fingerprint density at radius 3 is 2.78 bits per heavy atom. The van der Waals surface area contributed by atoms with Crippen molar-refractivity contribution in [3.05, 3.63) is 0 Å². The van der Waals surface area contributed by atoms with Crippen LogP contribution in [0.1, 0.15) is 26.2 Å². The molecular weight excluding hydrogens is 268 g/mol. The van der Waals surface area contributed by atoms with E-state index in [0.717, 1.165) is 37.1 Å². The molecule has 0 spiro atoms. The first-order chi connectivity index (χ1) is 8.48. The molecule has 2 rings (SSSR count). The summed E-state index contributed by atoms with van der Waals surface area (Å²) in [5.41, 5.74) is 0. The zero-order valence-electron chi connectivity index (χ0n) is 11.3. The summed E-state index contributed by atoms with van der Waals surface area (Å²) < 4.78 is 23.6. The second-order valence-electron chi connectivity index (χ2n) is 5.46. The van der Waals surface area contributed by atoms with Crippen LogP contribution in [0, 0.1) is 0 Å². The fourth-order valence-corrected chi connectivity index (χ4v) is 5.40. The second kappa shape index (κ2) is 6.11. The van der Waals surface area contributed by atoms with Gasteiger partial charge in [0.1, 0.15) is 5.37 Å². The smallest absolute Gasteiger partial charge is 0.164 e. The van der Waals surface area contributed by atoms with Crippen LogP contribution in [0.25, 0.3) is 0 Å². The molecule has 1 aliphatic heterocycles. The fourth-order valence-electron chi connectivity index (χ4n) is 2.42. The van der Waals surface area contributed by atoms with Crippen LogP contribution in [-0.4, -0.2) is 61.6 Å². The highest BCUT2D eigenvalue weighted by Gasteiger charge is 2.33. The predicted octanol–water partition coefficient (Wildman–Crippen LogP) is 0.937. The first-order valence-corrected chi connectivity index (χ1v) is 9.85. The minimum absolute atomic E-state index is 0.285. The van der Waals surface area contributed by atoms with E-state index in [2.05, 4.69) is 17.1 Å². The molecule has 6 heteroatoms. The van der Waals surface area contributed by atoms with Crippen LogP contribution >= 0.6 is 11.8 Å². The molecule has 0 bridgehead atoms. The zero-order chi connectivity index (χ0) is 13.2. The lowest BCUT2D eigenvalue weighted by atomic mass is 10.2. The maximum atomic E-state index is 11.8. The van der Waals surface area contributed by atoms with Gasteiger partial charge in [-0.2, -0.15) is 11.8 Å². The first-order valence-electron chi connectivity index (χ1n) is 6.74. The predicted molar refractivity (Wildman–Crippen MR) is 77.8 cm³/mol. The van der Waals surface area contributed by atoms with E-state index >= 15 is 0 Å². The van der Waals surface area contributed by atoms with Crippen LogP contribution in [0.15, 0.2) is 0 Å². The van der Waals surface area contributed by atoms with Crippen molar-refractivity contribution < 1.29 is 8.42 Å². The second-order valence-corrected chi connectivity index (χ2v) is 8.82. The molecular formula is C12H24N2O2S2. The highest BCUT2D eigenvalue weighted by atomic mass is 32.2. The first kappa shape index (κ1) is 14.6. The lowest BCUT2D eigenvalue weighted by Crippen LogP contribution is -2.51. The van der Waals surface area contributed by atoms with E-state index in [4.69, 9.17) is 0 Å². The van der Waals surface area contributed by atoms with E-state index in [1.807, 2.05) is 0 Å². The van der Waals surface area contributed by atoms with E-state index < -0.39 is 9.84 Å². The minimum Gasteiger partial charge on any atom is -0.314 e. The van der Waals surface area contributed by atoms with Gasteiger partial charge in [0.25, 0.3) is 0 Å². The van der Waals surface area contributed by atoms with Crippen LogP contribution < -0.4 is 5.32 Å².